The predicted molar refractivity (Wildman–Crippen MR) is 61.9 cm³/mol. The van der Waals surface area contributed by atoms with Gasteiger partial charge in [0, 0.05) is 29.7 Å². The lowest BCUT2D eigenvalue weighted by Gasteiger charge is -2.11. The fourth-order valence-corrected chi connectivity index (χ4v) is 1.36. The normalized spacial score (nSPS) is 15.8. The van der Waals surface area contributed by atoms with Crippen LogP contribution in [0, 0.1) is 0 Å². The van der Waals surface area contributed by atoms with Crippen LogP contribution in [0.4, 0.5) is 13.2 Å². The van der Waals surface area contributed by atoms with E-state index < -0.39 is 18.0 Å². The van der Waals surface area contributed by atoms with E-state index in [0.717, 1.165) is 6.20 Å². The summed E-state index contributed by atoms with van der Waals surface area (Å²) in [5.41, 5.74) is 0.758. The van der Waals surface area contributed by atoms with Gasteiger partial charge in [0.15, 0.2) is 0 Å². The van der Waals surface area contributed by atoms with Crippen LogP contribution in [0.15, 0.2) is 46.7 Å². The maximum absolute atomic E-state index is 12.2. The number of fused-ring (bicyclic) bond motifs is 1. The highest BCUT2D eigenvalue weighted by Crippen LogP contribution is 2.19. The molecular weight excluding hydrogens is 261 g/mol. The standard InChI is InChI=1S/C12H7F3N2O2/c13-12(14,15)11(18)19-10-9-4-2-1-3-8(9)7-16-5-6-17-10/h1-7H/b6-5-,8-7?,10-9?,16-5?,16-7?,17-6?,17-10?. The molecule has 1 aliphatic rings. The summed E-state index contributed by atoms with van der Waals surface area (Å²) in [6, 6.07) is 6.38. The fourth-order valence-electron chi connectivity index (χ4n) is 1.36. The SMILES string of the molecule is O=C(OC1=N/C=C\N=Cc2ccccc21)C(F)(F)F. The number of alkyl halides is 3. The van der Waals surface area contributed by atoms with Crippen LogP contribution in [0.5, 0.6) is 0 Å². The number of benzene rings is 1. The molecule has 7 heteroatoms. The molecule has 0 unspecified atom stereocenters. The Morgan fingerprint density at radius 2 is 1.89 bits per heavy atom. The van der Waals surface area contributed by atoms with Crippen molar-refractivity contribution in [2.75, 3.05) is 0 Å². The predicted octanol–water partition coefficient (Wildman–Crippen LogP) is 2.44. The van der Waals surface area contributed by atoms with Crippen LogP contribution in [0.3, 0.4) is 0 Å². The van der Waals surface area contributed by atoms with Crippen molar-refractivity contribution >= 4 is 18.1 Å². The third-order valence-electron chi connectivity index (χ3n) is 2.17. The van der Waals surface area contributed by atoms with Crippen LogP contribution in [0.2, 0.25) is 0 Å². The minimum Gasteiger partial charge on any atom is -0.400 e. The van der Waals surface area contributed by atoms with Gasteiger partial charge in [0.2, 0.25) is 5.90 Å². The number of aliphatic imine (C=N–C) groups is 2. The summed E-state index contributed by atoms with van der Waals surface area (Å²) in [4.78, 5) is 18.4. The van der Waals surface area contributed by atoms with Crippen LogP contribution in [0.1, 0.15) is 11.1 Å². The van der Waals surface area contributed by atoms with E-state index in [-0.39, 0.29) is 5.56 Å². The number of ether oxygens (including phenoxy) is 1. The van der Waals surface area contributed by atoms with Crippen LogP contribution in [0.25, 0.3) is 0 Å². The van der Waals surface area contributed by atoms with E-state index in [1.54, 1.807) is 18.2 Å². The van der Waals surface area contributed by atoms with E-state index in [4.69, 9.17) is 0 Å². The van der Waals surface area contributed by atoms with Crippen LogP contribution in [-0.4, -0.2) is 24.3 Å². The highest BCUT2D eigenvalue weighted by atomic mass is 19.4. The number of esters is 1. The molecule has 0 aromatic heterocycles. The molecule has 0 fully saturated rings. The Bertz CT molecular complexity index is 589. The van der Waals surface area contributed by atoms with Crippen LogP contribution >= 0.6 is 0 Å². The van der Waals surface area contributed by atoms with Gasteiger partial charge in [-0.25, -0.2) is 9.79 Å². The summed E-state index contributed by atoms with van der Waals surface area (Å²) in [6.07, 6.45) is -1.22. The number of carbonyl (C=O) groups is 1. The molecule has 1 aromatic carbocycles. The third kappa shape index (κ3) is 3.06. The maximum atomic E-state index is 12.2. The van der Waals surface area contributed by atoms with Crippen molar-refractivity contribution in [3.05, 3.63) is 47.8 Å². The molecule has 1 aliphatic heterocycles. The minimum atomic E-state index is -5.07. The van der Waals surface area contributed by atoms with E-state index in [2.05, 4.69) is 14.7 Å². The summed E-state index contributed by atoms with van der Waals surface area (Å²) >= 11 is 0. The first-order valence-corrected chi connectivity index (χ1v) is 5.13. The fraction of sp³-hybridized carbons (Fsp3) is 0.0833. The second-order valence-corrected chi connectivity index (χ2v) is 3.49. The number of rotatable bonds is 0. The zero-order valence-corrected chi connectivity index (χ0v) is 9.39. The van der Waals surface area contributed by atoms with Gasteiger partial charge in [-0.15, -0.1) is 0 Å². The Kier molecular flexibility index (Phi) is 3.46. The van der Waals surface area contributed by atoms with Gasteiger partial charge in [-0.05, 0) is 6.07 Å². The zero-order chi connectivity index (χ0) is 13.9. The van der Waals surface area contributed by atoms with Crippen molar-refractivity contribution in [2.45, 2.75) is 6.18 Å². The average molecular weight is 268 g/mol. The molecule has 98 valence electrons. The lowest BCUT2D eigenvalue weighted by molar-refractivity contribution is -0.191. The van der Waals surface area contributed by atoms with Gasteiger partial charge in [0.1, 0.15) is 0 Å². The highest BCUT2D eigenvalue weighted by Gasteiger charge is 2.42. The van der Waals surface area contributed by atoms with E-state index in [1.165, 1.54) is 18.5 Å². The molecule has 0 spiro atoms. The van der Waals surface area contributed by atoms with Crippen molar-refractivity contribution in [3.8, 4) is 0 Å². The summed E-state index contributed by atoms with van der Waals surface area (Å²) < 4.78 is 40.9. The molecule has 0 saturated carbocycles. The molecular formula is C12H7F3N2O2. The number of hydrogen-bond acceptors (Lipinski definition) is 4. The number of hydrogen-bond donors (Lipinski definition) is 0. The first kappa shape index (κ1) is 13.0. The van der Waals surface area contributed by atoms with Gasteiger partial charge in [0.05, 0.1) is 0 Å². The van der Waals surface area contributed by atoms with E-state index in [9.17, 15) is 18.0 Å². The van der Waals surface area contributed by atoms with Crippen molar-refractivity contribution in [3.63, 3.8) is 0 Å². The number of nitrogens with zero attached hydrogens (tertiary/aromatic N) is 2. The maximum Gasteiger partial charge on any atom is 0.491 e. The molecule has 1 aromatic rings. The smallest absolute Gasteiger partial charge is 0.400 e. The number of halogens is 3. The summed E-state index contributed by atoms with van der Waals surface area (Å²) in [6.45, 7) is 0. The lowest BCUT2D eigenvalue weighted by Crippen LogP contribution is -2.28. The largest absolute Gasteiger partial charge is 0.491 e. The Balaban J connectivity index is 2.37. The number of carbonyl (C=O) groups excluding carboxylic acids is 1. The molecule has 0 bridgehead atoms. The lowest BCUT2D eigenvalue weighted by atomic mass is 10.1. The molecule has 0 saturated heterocycles. The molecule has 2 rings (SSSR count). The van der Waals surface area contributed by atoms with E-state index >= 15 is 0 Å². The first-order chi connectivity index (χ1) is 8.98. The minimum absolute atomic E-state index is 0.258. The monoisotopic (exact) mass is 268 g/mol. The quantitative estimate of drug-likeness (QED) is 0.678. The average Bonchev–Trinajstić information content (AvgIpc) is 2.33. The highest BCUT2D eigenvalue weighted by molar-refractivity contribution is 6.07. The molecule has 0 atom stereocenters. The summed E-state index contributed by atoms with van der Waals surface area (Å²) in [5.74, 6) is -2.73. The Hall–Kier alpha value is -2.44. The second kappa shape index (κ2) is 5.05. The summed E-state index contributed by atoms with van der Waals surface area (Å²) in [7, 11) is 0. The molecule has 0 N–H and O–H groups in total. The van der Waals surface area contributed by atoms with Gasteiger partial charge in [-0.3, -0.25) is 4.99 Å². The van der Waals surface area contributed by atoms with Crippen LogP contribution < -0.4 is 0 Å². The van der Waals surface area contributed by atoms with E-state index in [1.807, 2.05) is 0 Å². The molecule has 0 radical (unpaired) electrons. The van der Waals surface area contributed by atoms with Gasteiger partial charge in [-0.1, -0.05) is 18.2 Å². The van der Waals surface area contributed by atoms with Gasteiger partial charge in [-0.2, -0.15) is 13.2 Å². The van der Waals surface area contributed by atoms with E-state index in [0.29, 0.717) is 5.56 Å². The molecule has 0 amide bonds. The topological polar surface area (TPSA) is 51.0 Å². The molecule has 19 heavy (non-hydrogen) atoms. The van der Waals surface area contributed by atoms with Crippen molar-refractivity contribution in [2.24, 2.45) is 9.98 Å². The summed E-state index contributed by atoms with van der Waals surface area (Å²) in [5, 5.41) is 0. The third-order valence-corrected chi connectivity index (χ3v) is 2.17. The second-order valence-electron chi connectivity index (χ2n) is 3.49. The molecule has 0 aliphatic carbocycles. The first-order valence-electron chi connectivity index (χ1n) is 5.13. The van der Waals surface area contributed by atoms with Crippen molar-refractivity contribution < 1.29 is 22.7 Å². The van der Waals surface area contributed by atoms with Gasteiger partial charge in [0.25, 0.3) is 0 Å². The van der Waals surface area contributed by atoms with Crippen molar-refractivity contribution in [1.29, 1.82) is 0 Å². The Morgan fingerprint density at radius 1 is 1.16 bits per heavy atom. The van der Waals surface area contributed by atoms with Crippen LogP contribution in [-0.2, 0) is 9.53 Å². The van der Waals surface area contributed by atoms with Crippen molar-refractivity contribution in [1.82, 2.24) is 0 Å². The van der Waals surface area contributed by atoms with Gasteiger partial charge < -0.3 is 4.74 Å². The Morgan fingerprint density at radius 3 is 2.63 bits per heavy atom. The molecule has 1 heterocycles. The molecule has 4 nitrogen and oxygen atoms in total. The van der Waals surface area contributed by atoms with Gasteiger partial charge >= 0.3 is 12.1 Å². The zero-order valence-electron chi connectivity index (χ0n) is 9.39. The Labute approximate surface area is 105 Å².